The molecule has 1 aromatic carbocycles. The maximum Gasteiger partial charge on any atom is 0.339 e. The van der Waals surface area contributed by atoms with Crippen LogP contribution in [0.2, 0.25) is 0 Å². The van der Waals surface area contributed by atoms with Crippen molar-refractivity contribution in [3.63, 3.8) is 0 Å². The maximum absolute atomic E-state index is 12.5. The molecule has 23 heavy (non-hydrogen) atoms. The topological polar surface area (TPSA) is 82.1 Å². The zero-order valence-electron chi connectivity index (χ0n) is 12.8. The fourth-order valence-electron chi connectivity index (χ4n) is 4.16. The molecule has 0 spiro atoms. The fraction of sp³-hybridized carbons (Fsp3) is 0.529. The van der Waals surface area contributed by atoms with Gasteiger partial charge in [0.2, 0.25) is 0 Å². The lowest BCUT2D eigenvalue weighted by atomic mass is 9.87. The Bertz CT molecular complexity index is 667. The minimum absolute atomic E-state index is 0.0475. The number of aromatic carboxylic acids is 1. The van der Waals surface area contributed by atoms with Gasteiger partial charge in [-0.3, -0.25) is 0 Å². The number of carbonyl (C=O) groups is 2. The Morgan fingerprint density at radius 3 is 2.26 bits per heavy atom. The molecule has 4 aliphatic rings. The third-order valence-electron chi connectivity index (χ3n) is 5.29. The number of ether oxygens (including phenoxy) is 3. The van der Waals surface area contributed by atoms with Gasteiger partial charge in [0, 0.05) is 11.8 Å². The first-order chi connectivity index (χ1) is 11.0. The summed E-state index contributed by atoms with van der Waals surface area (Å²) in [4.78, 5) is 23.7. The van der Waals surface area contributed by atoms with Crippen molar-refractivity contribution in [2.75, 3.05) is 0 Å². The molecule has 1 aromatic rings. The van der Waals surface area contributed by atoms with E-state index in [0.717, 1.165) is 0 Å². The molecule has 4 heterocycles. The number of carboxylic acids is 1. The monoisotopic (exact) mass is 318 g/mol. The standard InChI is InChI=1S/C17H18O6/c1-7-11-8(2)13-15(14(21-11)12(7)22-13)23-17(20)10-6-4-3-5-9(10)16(18)19/h3-8,11-15H,1-2H3,(H,18,19)/t7-,8+,11?,12?,13-,14-,15-/m0/s1. The molecule has 4 bridgehead atoms. The Labute approximate surface area is 133 Å². The van der Waals surface area contributed by atoms with E-state index < -0.39 is 18.0 Å². The summed E-state index contributed by atoms with van der Waals surface area (Å²) in [6, 6.07) is 6.05. The van der Waals surface area contributed by atoms with Crippen molar-refractivity contribution in [1.82, 2.24) is 0 Å². The van der Waals surface area contributed by atoms with Gasteiger partial charge < -0.3 is 19.3 Å². The molecule has 0 amide bonds. The van der Waals surface area contributed by atoms with Crippen LogP contribution in [-0.4, -0.2) is 47.6 Å². The molecule has 5 rings (SSSR count). The fourth-order valence-corrected chi connectivity index (χ4v) is 4.16. The van der Waals surface area contributed by atoms with Crippen molar-refractivity contribution >= 4 is 11.9 Å². The lowest BCUT2D eigenvalue weighted by molar-refractivity contribution is -0.152. The smallest absolute Gasteiger partial charge is 0.339 e. The summed E-state index contributed by atoms with van der Waals surface area (Å²) in [6.07, 6.45) is -0.817. The normalized spacial score (nSPS) is 40.3. The molecule has 4 saturated heterocycles. The van der Waals surface area contributed by atoms with Gasteiger partial charge in [-0.25, -0.2) is 9.59 Å². The van der Waals surface area contributed by atoms with Crippen LogP contribution >= 0.6 is 0 Å². The molecule has 7 atom stereocenters. The van der Waals surface area contributed by atoms with E-state index in [4.69, 9.17) is 14.2 Å². The molecule has 0 aliphatic carbocycles. The molecule has 0 aromatic heterocycles. The number of benzene rings is 1. The highest BCUT2D eigenvalue weighted by Gasteiger charge is 2.65. The quantitative estimate of drug-likeness (QED) is 0.855. The summed E-state index contributed by atoms with van der Waals surface area (Å²) in [7, 11) is 0. The Morgan fingerprint density at radius 2 is 1.57 bits per heavy atom. The Balaban J connectivity index is 1.58. The lowest BCUT2D eigenvalue weighted by Crippen LogP contribution is -2.49. The average molecular weight is 318 g/mol. The van der Waals surface area contributed by atoms with E-state index in [9.17, 15) is 14.7 Å². The number of esters is 1. The summed E-state index contributed by atoms with van der Waals surface area (Å²) in [5.74, 6) is -1.37. The van der Waals surface area contributed by atoms with E-state index in [0.29, 0.717) is 0 Å². The van der Waals surface area contributed by atoms with E-state index in [1.165, 1.54) is 12.1 Å². The molecule has 6 nitrogen and oxygen atoms in total. The highest BCUT2D eigenvalue weighted by Crippen LogP contribution is 2.50. The second-order valence-electron chi connectivity index (χ2n) is 6.57. The van der Waals surface area contributed by atoms with Crippen LogP contribution in [0.1, 0.15) is 34.6 Å². The molecule has 1 N–H and O–H groups in total. The van der Waals surface area contributed by atoms with Gasteiger partial charge in [-0.1, -0.05) is 26.0 Å². The SMILES string of the molecule is C[C@H]1C2O[C@H]3C1O[C@H]([C@@H]3OC(=O)c1ccccc1C(=O)O)[C@@H]2C. The third-order valence-corrected chi connectivity index (χ3v) is 5.29. The molecular weight excluding hydrogens is 300 g/mol. The molecule has 122 valence electrons. The Kier molecular flexibility index (Phi) is 3.21. The van der Waals surface area contributed by atoms with Gasteiger partial charge in [-0.2, -0.15) is 0 Å². The van der Waals surface area contributed by atoms with E-state index in [-0.39, 0.29) is 47.4 Å². The number of rotatable bonds is 3. The van der Waals surface area contributed by atoms with E-state index in [1.54, 1.807) is 12.1 Å². The van der Waals surface area contributed by atoms with Crippen molar-refractivity contribution in [2.45, 2.75) is 44.4 Å². The first kappa shape index (κ1) is 14.7. The number of hydrogen-bond donors (Lipinski definition) is 1. The molecular formula is C17H18O6. The minimum atomic E-state index is -1.15. The second kappa shape index (κ2) is 5.04. The zero-order valence-corrected chi connectivity index (χ0v) is 12.8. The van der Waals surface area contributed by atoms with Crippen LogP contribution in [0.5, 0.6) is 0 Å². The first-order valence-corrected chi connectivity index (χ1v) is 7.83. The molecule has 4 fully saturated rings. The molecule has 0 radical (unpaired) electrons. The Morgan fingerprint density at radius 1 is 0.957 bits per heavy atom. The van der Waals surface area contributed by atoms with E-state index in [2.05, 4.69) is 6.92 Å². The lowest BCUT2D eigenvalue weighted by Gasteiger charge is -2.38. The van der Waals surface area contributed by atoms with Crippen molar-refractivity contribution in [3.05, 3.63) is 35.4 Å². The van der Waals surface area contributed by atoms with Crippen molar-refractivity contribution in [1.29, 1.82) is 0 Å². The van der Waals surface area contributed by atoms with Crippen molar-refractivity contribution in [2.24, 2.45) is 11.8 Å². The van der Waals surface area contributed by atoms with Crippen LogP contribution in [0.15, 0.2) is 24.3 Å². The summed E-state index contributed by atoms with van der Waals surface area (Å²) >= 11 is 0. The number of carbonyl (C=O) groups excluding carboxylic acids is 1. The third kappa shape index (κ3) is 2.01. The van der Waals surface area contributed by atoms with Gasteiger partial charge in [0.25, 0.3) is 0 Å². The van der Waals surface area contributed by atoms with Gasteiger partial charge >= 0.3 is 11.9 Å². The molecule has 2 unspecified atom stereocenters. The second-order valence-corrected chi connectivity index (χ2v) is 6.57. The van der Waals surface area contributed by atoms with Crippen LogP contribution < -0.4 is 0 Å². The molecule has 6 heteroatoms. The summed E-state index contributed by atoms with van der Waals surface area (Å²) in [5.41, 5.74) is -0.00812. The number of carboxylic acid groups (broad SMARTS) is 1. The highest BCUT2D eigenvalue weighted by molar-refractivity contribution is 6.02. The minimum Gasteiger partial charge on any atom is -0.478 e. The van der Waals surface area contributed by atoms with Crippen molar-refractivity contribution < 1.29 is 28.9 Å². The molecule has 0 saturated carbocycles. The predicted molar refractivity (Wildman–Crippen MR) is 78.3 cm³/mol. The average Bonchev–Trinajstić information content (AvgIpc) is 2.96. The van der Waals surface area contributed by atoms with Crippen LogP contribution in [-0.2, 0) is 14.2 Å². The number of hydrogen-bond acceptors (Lipinski definition) is 5. The highest BCUT2D eigenvalue weighted by atomic mass is 16.6. The van der Waals surface area contributed by atoms with Crippen LogP contribution in [0, 0.1) is 11.8 Å². The largest absolute Gasteiger partial charge is 0.478 e. The maximum atomic E-state index is 12.5. The van der Waals surface area contributed by atoms with Gasteiger partial charge in [-0.05, 0) is 12.1 Å². The van der Waals surface area contributed by atoms with E-state index in [1.807, 2.05) is 6.92 Å². The van der Waals surface area contributed by atoms with Crippen molar-refractivity contribution in [3.8, 4) is 0 Å². The van der Waals surface area contributed by atoms with Crippen LogP contribution in [0.25, 0.3) is 0 Å². The predicted octanol–water partition coefficient (Wildman–Crippen LogP) is 1.73. The van der Waals surface area contributed by atoms with Gasteiger partial charge in [0.05, 0.1) is 23.3 Å². The van der Waals surface area contributed by atoms with Gasteiger partial charge in [0.15, 0.2) is 6.10 Å². The van der Waals surface area contributed by atoms with E-state index >= 15 is 0 Å². The summed E-state index contributed by atoms with van der Waals surface area (Å²) in [5, 5.41) is 9.21. The van der Waals surface area contributed by atoms with Crippen LogP contribution in [0.3, 0.4) is 0 Å². The zero-order chi connectivity index (χ0) is 16.3. The van der Waals surface area contributed by atoms with Gasteiger partial charge in [0.1, 0.15) is 12.2 Å². The van der Waals surface area contributed by atoms with Crippen LogP contribution in [0.4, 0.5) is 0 Å². The Hall–Kier alpha value is -1.92. The summed E-state index contributed by atoms with van der Waals surface area (Å²) < 4.78 is 17.6. The summed E-state index contributed by atoms with van der Waals surface area (Å²) in [6.45, 7) is 4.13. The molecule has 4 aliphatic heterocycles. The first-order valence-electron chi connectivity index (χ1n) is 7.83. The van der Waals surface area contributed by atoms with Gasteiger partial charge in [-0.15, -0.1) is 0 Å².